The van der Waals surface area contributed by atoms with Gasteiger partial charge in [-0.2, -0.15) is 0 Å². The van der Waals surface area contributed by atoms with E-state index in [1.54, 1.807) is 0 Å². The Labute approximate surface area is 109 Å². The number of nitrogens with two attached hydrogens (primary N) is 1. The maximum Gasteiger partial charge on any atom is 0.122 e. The minimum atomic E-state index is -0.114. The van der Waals surface area contributed by atoms with E-state index in [4.69, 9.17) is 5.73 Å². The zero-order chi connectivity index (χ0) is 12.7. The van der Waals surface area contributed by atoms with E-state index in [1.165, 1.54) is 25.7 Å². The Morgan fingerprint density at radius 3 is 2.56 bits per heavy atom. The van der Waals surface area contributed by atoms with Gasteiger partial charge in [-0.1, -0.05) is 6.07 Å². The van der Waals surface area contributed by atoms with E-state index in [0.717, 1.165) is 23.7 Å². The Morgan fingerprint density at radius 1 is 1.33 bits per heavy atom. The van der Waals surface area contributed by atoms with Gasteiger partial charge in [-0.15, -0.1) is 0 Å². The highest BCUT2D eigenvalue weighted by molar-refractivity contribution is 5.55. The van der Waals surface area contributed by atoms with Crippen molar-refractivity contribution in [1.29, 1.82) is 0 Å². The van der Waals surface area contributed by atoms with Gasteiger partial charge in [0.1, 0.15) is 5.75 Å². The molecule has 1 unspecified atom stereocenters. The van der Waals surface area contributed by atoms with Crippen LogP contribution in [0.2, 0.25) is 0 Å². The third-order valence-corrected chi connectivity index (χ3v) is 3.98. The molecule has 0 amide bonds. The number of phenols is 1. The first-order valence-electron chi connectivity index (χ1n) is 7.00. The molecule has 1 aromatic carbocycles. The van der Waals surface area contributed by atoms with Gasteiger partial charge in [0.15, 0.2) is 0 Å². The molecule has 1 atom stereocenters. The van der Waals surface area contributed by atoms with Crippen LogP contribution in [0.25, 0.3) is 0 Å². The van der Waals surface area contributed by atoms with E-state index in [2.05, 4.69) is 11.0 Å². The molecule has 3 nitrogen and oxygen atoms in total. The van der Waals surface area contributed by atoms with Crippen LogP contribution in [-0.4, -0.2) is 17.7 Å². The topological polar surface area (TPSA) is 49.5 Å². The van der Waals surface area contributed by atoms with E-state index >= 15 is 0 Å². The van der Waals surface area contributed by atoms with Crippen molar-refractivity contribution >= 4 is 5.69 Å². The smallest absolute Gasteiger partial charge is 0.122 e. The lowest BCUT2D eigenvalue weighted by atomic mass is 10.1. The molecule has 0 radical (unpaired) electrons. The predicted octanol–water partition coefficient (Wildman–Crippen LogP) is 2.79. The number of benzene rings is 1. The molecule has 0 spiro atoms. The Morgan fingerprint density at radius 2 is 2.06 bits per heavy atom. The molecule has 2 aliphatic carbocycles. The molecule has 0 saturated heterocycles. The molecule has 98 valence electrons. The largest absolute Gasteiger partial charge is 0.508 e. The van der Waals surface area contributed by atoms with Gasteiger partial charge in [-0.25, -0.2) is 0 Å². The molecule has 2 aliphatic rings. The van der Waals surface area contributed by atoms with Crippen LogP contribution in [0.3, 0.4) is 0 Å². The average Bonchev–Trinajstić information content (AvgIpc) is 3.18. The molecule has 3 heteroatoms. The summed E-state index contributed by atoms with van der Waals surface area (Å²) in [5.74, 6) is 1.21. The zero-order valence-corrected chi connectivity index (χ0v) is 11.0. The maximum absolute atomic E-state index is 10.1. The van der Waals surface area contributed by atoms with E-state index < -0.39 is 0 Å². The highest BCUT2D eigenvalue weighted by atomic mass is 16.3. The van der Waals surface area contributed by atoms with Crippen molar-refractivity contribution in [3.63, 3.8) is 0 Å². The number of hydrogen-bond acceptors (Lipinski definition) is 3. The number of hydrogen-bond donors (Lipinski definition) is 2. The van der Waals surface area contributed by atoms with Gasteiger partial charge in [0.25, 0.3) is 0 Å². The van der Waals surface area contributed by atoms with E-state index in [0.29, 0.717) is 11.8 Å². The van der Waals surface area contributed by atoms with Crippen LogP contribution in [0.4, 0.5) is 5.69 Å². The van der Waals surface area contributed by atoms with Crippen LogP contribution in [-0.2, 0) is 0 Å². The van der Waals surface area contributed by atoms with Crippen molar-refractivity contribution in [3.05, 3.63) is 23.8 Å². The first kappa shape index (κ1) is 11.8. The monoisotopic (exact) mass is 246 g/mol. The van der Waals surface area contributed by atoms with Gasteiger partial charge in [0.05, 0.1) is 0 Å². The number of rotatable bonds is 5. The van der Waals surface area contributed by atoms with Gasteiger partial charge < -0.3 is 15.7 Å². The van der Waals surface area contributed by atoms with Gasteiger partial charge in [0.2, 0.25) is 0 Å². The van der Waals surface area contributed by atoms with E-state index in [9.17, 15) is 5.11 Å². The maximum atomic E-state index is 10.1. The molecule has 0 bridgehead atoms. The molecule has 18 heavy (non-hydrogen) atoms. The summed E-state index contributed by atoms with van der Waals surface area (Å²) >= 11 is 0. The minimum absolute atomic E-state index is 0.114. The van der Waals surface area contributed by atoms with E-state index in [1.807, 2.05) is 19.1 Å². The van der Waals surface area contributed by atoms with E-state index in [-0.39, 0.29) is 6.04 Å². The summed E-state index contributed by atoms with van der Waals surface area (Å²) < 4.78 is 0. The van der Waals surface area contributed by atoms with Crippen molar-refractivity contribution in [1.82, 2.24) is 0 Å². The van der Waals surface area contributed by atoms with Crippen molar-refractivity contribution in [3.8, 4) is 5.75 Å². The normalized spacial score (nSPS) is 20.8. The lowest BCUT2D eigenvalue weighted by Gasteiger charge is -2.25. The molecule has 1 aromatic rings. The third-order valence-electron chi connectivity index (χ3n) is 3.98. The SMILES string of the molecule is CC(N)c1ccc(N(CC2CC2)C2CC2)cc1O. The first-order valence-corrected chi connectivity index (χ1v) is 7.00. The second-order valence-corrected chi connectivity index (χ2v) is 5.86. The highest BCUT2D eigenvalue weighted by Crippen LogP contribution is 2.39. The van der Waals surface area contributed by atoms with Crippen molar-refractivity contribution in [2.24, 2.45) is 11.7 Å². The summed E-state index contributed by atoms with van der Waals surface area (Å²) in [4.78, 5) is 2.47. The standard InChI is InChI=1S/C15H22N2O/c1-10(16)14-7-6-13(8-15(14)18)17(12-4-5-12)9-11-2-3-11/h6-8,10-12,18H,2-5,9,16H2,1H3. The van der Waals surface area contributed by atoms with Gasteiger partial charge in [0, 0.05) is 35.9 Å². The number of nitrogens with zero attached hydrogens (tertiary/aromatic N) is 1. The molecule has 0 aromatic heterocycles. The van der Waals surface area contributed by atoms with Gasteiger partial charge in [-0.3, -0.25) is 0 Å². The fraction of sp³-hybridized carbons (Fsp3) is 0.600. The summed E-state index contributed by atoms with van der Waals surface area (Å²) in [6, 6.07) is 6.55. The minimum Gasteiger partial charge on any atom is -0.508 e. The molecule has 2 fully saturated rings. The second-order valence-electron chi connectivity index (χ2n) is 5.86. The molecule has 3 N–H and O–H groups in total. The van der Waals surface area contributed by atoms with Crippen LogP contribution >= 0.6 is 0 Å². The van der Waals surface area contributed by atoms with Crippen molar-refractivity contribution in [2.45, 2.75) is 44.7 Å². The predicted molar refractivity (Wildman–Crippen MR) is 73.8 cm³/mol. The second kappa shape index (κ2) is 4.47. The Bertz CT molecular complexity index is 436. The zero-order valence-electron chi connectivity index (χ0n) is 11.0. The Balaban J connectivity index is 1.82. The summed E-state index contributed by atoms with van der Waals surface area (Å²) in [7, 11) is 0. The summed E-state index contributed by atoms with van der Waals surface area (Å²) in [5.41, 5.74) is 7.82. The van der Waals surface area contributed by atoms with Gasteiger partial charge in [-0.05, 0) is 44.6 Å². The fourth-order valence-corrected chi connectivity index (χ4v) is 2.53. The summed E-state index contributed by atoms with van der Waals surface area (Å²) in [5, 5.41) is 10.1. The van der Waals surface area contributed by atoms with Crippen LogP contribution in [0.5, 0.6) is 5.75 Å². The van der Waals surface area contributed by atoms with Crippen LogP contribution in [0.1, 0.15) is 44.2 Å². The lowest BCUT2D eigenvalue weighted by Crippen LogP contribution is -2.28. The highest BCUT2D eigenvalue weighted by Gasteiger charge is 2.34. The molecule has 0 aliphatic heterocycles. The Hall–Kier alpha value is -1.22. The van der Waals surface area contributed by atoms with Crippen LogP contribution in [0, 0.1) is 5.92 Å². The quantitative estimate of drug-likeness (QED) is 0.840. The molecule has 2 saturated carbocycles. The first-order chi connectivity index (χ1) is 8.65. The molecule has 3 rings (SSSR count). The molecule has 0 heterocycles. The van der Waals surface area contributed by atoms with Gasteiger partial charge >= 0.3 is 0 Å². The lowest BCUT2D eigenvalue weighted by molar-refractivity contribution is 0.463. The Kier molecular flexibility index (Phi) is 2.94. The number of anilines is 1. The average molecular weight is 246 g/mol. The third kappa shape index (κ3) is 2.46. The van der Waals surface area contributed by atoms with Crippen molar-refractivity contribution < 1.29 is 5.11 Å². The number of phenolic OH excluding ortho intramolecular Hbond substituents is 1. The summed E-state index contributed by atoms with van der Waals surface area (Å²) in [6.07, 6.45) is 5.32. The van der Waals surface area contributed by atoms with Crippen LogP contribution < -0.4 is 10.6 Å². The molecular weight excluding hydrogens is 224 g/mol. The molecular formula is C15H22N2O. The van der Waals surface area contributed by atoms with Crippen molar-refractivity contribution in [2.75, 3.05) is 11.4 Å². The number of aromatic hydroxyl groups is 1. The van der Waals surface area contributed by atoms with Crippen LogP contribution in [0.15, 0.2) is 18.2 Å². The fourth-order valence-electron chi connectivity index (χ4n) is 2.53. The summed E-state index contributed by atoms with van der Waals surface area (Å²) in [6.45, 7) is 3.05.